The minimum absolute atomic E-state index is 0.142. The Balaban J connectivity index is 1.64. The van der Waals surface area contributed by atoms with Crippen molar-refractivity contribution in [2.24, 2.45) is 0 Å². The first-order valence-electron chi connectivity index (χ1n) is 7.15. The molecular weight excluding hydrogens is 329 g/mol. The van der Waals surface area contributed by atoms with Gasteiger partial charge in [0.2, 0.25) is 11.1 Å². The summed E-state index contributed by atoms with van der Waals surface area (Å²) in [4.78, 5) is 12.0. The van der Waals surface area contributed by atoms with Gasteiger partial charge in [-0.2, -0.15) is 4.68 Å². The van der Waals surface area contributed by atoms with Gasteiger partial charge in [-0.3, -0.25) is 4.79 Å². The zero-order chi connectivity index (χ0) is 16.9. The highest BCUT2D eigenvalue weighted by Gasteiger charge is 2.12. The molecule has 3 aromatic rings. The van der Waals surface area contributed by atoms with Gasteiger partial charge in [-0.05, 0) is 47.7 Å². The molecule has 3 rings (SSSR count). The van der Waals surface area contributed by atoms with Crippen molar-refractivity contribution in [3.63, 3.8) is 0 Å². The molecular formula is C16H14FN5OS. The van der Waals surface area contributed by atoms with Gasteiger partial charge >= 0.3 is 0 Å². The molecule has 122 valence electrons. The minimum atomic E-state index is -0.379. The predicted molar refractivity (Wildman–Crippen MR) is 89.6 cm³/mol. The number of aryl methyl sites for hydroxylation is 1. The van der Waals surface area contributed by atoms with Gasteiger partial charge in [0.25, 0.3) is 0 Å². The number of amides is 1. The van der Waals surface area contributed by atoms with Gasteiger partial charge in [0.05, 0.1) is 11.4 Å². The zero-order valence-corrected chi connectivity index (χ0v) is 13.6. The van der Waals surface area contributed by atoms with E-state index in [1.165, 1.54) is 28.6 Å². The lowest BCUT2D eigenvalue weighted by Gasteiger charge is -2.06. The summed E-state index contributed by atoms with van der Waals surface area (Å²) in [6.45, 7) is 1.98. The van der Waals surface area contributed by atoms with Crippen LogP contribution in [-0.2, 0) is 4.79 Å². The first kappa shape index (κ1) is 16.1. The van der Waals surface area contributed by atoms with E-state index in [1.807, 2.05) is 31.2 Å². The SMILES string of the molecule is Cc1ccc(NC(=O)CSc2nnnn2-c2cccc(F)c2)cc1. The average Bonchev–Trinajstić information content (AvgIpc) is 3.04. The average molecular weight is 343 g/mol. The molecule has 0 atom stereocenters. The number of anilines is 1. The molecule has 24 heavy (non-hydrogen) atoms. The topological polar surface area (TPSA) is 72.7 Å². The van der Waals surface area contributed by atoms with Crippen LogP contribution in [0.15, 0.2) is 53.7 Å². The summed E-state index contributed by atoms with van der Waals surface area (Å²) in [5, 5.41) is 14.5. The standard InChI is InChI=1S/C16H14FN5OS/c1-11-5-7-13(8-6-11)18-15(23)10-24-16-19-20-21-22(16)14-4-2-3-12(17)9-14/h2-9H,10H2,1H3,(H,18,23). The molecule has 0 saturated heterocycles. The largest absolute Gasteiger partial charge is 0.325 e. The van der Waals surface area contributed by atoms with E-state index in [0.29, 0.717) is 10.8 Å². The number of thioether (sulfide) groups is 1. The molecule has 6 nitrogen and oxygen atoms in total. The Morgan fingerprint density at radius 3 is 2.79 bits per heavy atom. The molecule has 0 bridgehead atoms. The maximum absolute atomic E-state index is 13.3. The number of tetrazole rings is 1. The molecule has 0 aliphatic rings. The van der Waals surface area contributed by atoms with Crippen molar-refractivity contribution in [3.8, 4) is 5.69 Å². The van der Waals surface area contributed by atoms with Crippen LogP contribution in [0.3, 0.4) is 0 Å². The highest BCUT2D eigenvalue weighted by Crippen LogP contribution is 2.19. The fraction of sp³-hybridized carbons (Fsp3) is 0.125. The van der Waals surface area contributed by atoms with Crippen molar-refractivity contribution in [1.29, 1.82) is 0 Å². The predicted octanol–water partition coefficient (Wildman–Crippen LogP) is 2.84. The number of carbonyl (C=O) groups is 1. The summed E-state index contributed by atoms with van der Waals surface area (Å²) in [5.74, 6) is -0.405. The Morgan fingerprint density at radius 1 is 1.25 bits per heavy atom. The van der Waals surface area contributed by atoms with E-state index in [9.17, 15) is 9.18 Å². The van der Waals surface area contributed by atoms with Gasteiger partial charge in [0.15, 0.2) is 0 Å². The van der Waals surface area contributed by atoms with Crippen molar-refractivity contribution in [1.82, 2.24) is 20.2 Å². The molecule has 1 heterocycles. The van der Waals surface area contributed by atoms with Crippen LogP contribution in [0.5, 0.6) is 0 Å². The Labute approximate surface area is 142 Å². The third kappa shape index (κ3) is 3.96. The molecule has 0 aliphatic carbocycles. The number of aromatic nitrogens is 4. The van der Waals surface area contributed by atoms with Gasteiger partial charge in [-0.1, -0.05) is 35.5 Å². The minimum Gasteiger partial charge on any atom is -0.325 e. The Kier molecular flexibility index (Phi) is 4.85. The summed E-state index contributed by atoms with van der Waals surface area (Å²) in [5.41, 5.74) is 2.36. The fourth-order valence-corrected chi connectivity index (χ4v) is 2.69. The number of hydrogen-bond donors (Lipinski definition) is 1. The number of nitrogens with one attached hydrogen (secondary N) is 1. The molecule has 0 fully saturated rings. The van der Waals surface area contributed by atoms with Gasteiger partial charge in [0.1, 0.15) is 5.82 Å². The van der Waals surface area contributed by atoms with Crippen molar-refractivity contribution in [3.05, 3.63) is 59.9 Å². The van der Waals surface area contributed by atoms with E-state index in [0.717, 1.165) is 11.3 Å². The first-order chi connectivity index (χ1) is 11.6. The molecule has 0 saturated carbocycles. The van der Waals surface area contributed by atoms with Crippen LogP contribution >= 0.6 is 11.8 Å². The molecule has 0 unspecified atom stereocenters. The molecule has 1 amide bonds. The molecule has 0 radical (unpaired) electrons. The number of carbonyl (C=O) groups excluding carboxylic acids is 1. The van der Waals surface area contributed by atoms with E-state index >= 15 is 0 Å². The smallest absolute Gasteiger partial charge is 0.234 e. The fourth-order valence-electron chi connectivity index (χ4n) is 2.00. The lowest BCUT2D eigenvalue weighted by Crippen LogP contribution is -2.14. The van der Waals surface area contributed by atoms with Crippen molar-refractivity contribution in [2.75, 3.05) is 11.1 Å². The van der Waals surface area contributed by atoms with Crippen LogP contribution in [0.1, 0.15) is 5.56 Å². The normalized spacial score (nSPS) is 10.6. The van der Waals surface area contributed by atoms with Crippen LogP contribution in [0.2, 0.25) is 0 Å². The zero-order valence-electron chi connectivity index (χ0n) is 12.8. The number of hydrogen-bond acceptors (Lipinski definition) is 5. The third-order valence-corrected chi connectivity index (χ3v) is 4.08. The monoisotopic (exact) mass is 343 g/mol. The van der Waals surface area contributed by atoms with Crippen molar-refractivity contribution < 1.29 is 9.18 Å². The quantitative estimate of drug-likeness (QED) is 0.721. The first-order valence-corrected chi connectivity index (χ1v) is 8.14. The van der Waals surface area contributed by atoms with Crippen LogP contribution in [-0.4, -0.2) is 31.9 Å². The Morgan fingerprint density at radius 2 is 2.04 bits per heavy atom. The summed E-state index contributed by atoms with van der Waals surface area (Å²) in [6.07, 6.45) is 0. The molecule has 1 aromatic heterocycles. The maximum Gasteiger partial charge on any atom is 0.234 e. The second-order valence-electron chi connectivity index (χ2n) is 5.06. The second-order valence-corrected chi connectivity index (χ2v) is 6.00. The van der Waals surface area contributed by atoms with Crippen molar-refractivity contribution in [2.45, 2.75) is 12.1 Å². The van der Waals surface area contributed by atoms with E-state index in [2.05, 4.69) is 20.8 Å². The third-order valence-electron chi connectivity index (χ3n) is 3.16. The lowest BCUT2D eigenvalue weighted by atomic mass is 10.2. The summed E-state index contributed by atoms with van der Waals surface area (Å²) < 4.78 is 14.7. The Hall–Kier alpha value is -2.74. The van der Waals surface area contributed by atoms with Crippen LogP contribution < -0.4 is 5.32 Å². The molecule has 8 heteroatoms. The summed E-state index contributed by atoms with van der Waals surface area (Å²) >= 11 is 1.18. The van der Waals surface area contributed by atoms with E-state index < -0.39 is 0 Å². The van der Waals surface area contributed by atoms with E-state index in [-0.39, 0.29) is 17.5 Å². The number of rotatable bonds is 5. The molecule has 1 N–H and O–H groups in total. The van der Waals surface area contributed by atoms with Crippen LogP contribution in [0.4, 0.5) is 10.1 Å². The van der Waals surface area contributed by atoms with Gasteiger partial charge in [-0.15, -0.1) is 5.10 Å². The van der Waals surface area contributed by atoms with Gasteiger partial charge < -0.3 is 5.32 Å². The highest BCUT2D eigenvalue weighted by atomic mass is 32.2. The van der Waals surface area contributed by atoms with Gasteiger partial charge in [-0.25, -0.2) is 4.39 Å². The van der Waals surface area contributed by atoms with Crippen LogP contribution in [0.25, 0.3) is 5.69 Å². The molecule has 2 aromatic carbocycles. The summed E-state index contributed by atoms with van der Waals surface area (Å²) in [6, 6.07) is 13.5. The highest BCUT2D eigenvalue weighted by molar-refractivity contribution is 7.99. The second kappa shape index (κ2) is 7.22. The number of benzene rings is 2. The van der Waals surface area contributed by atoms with Crippen molar-refractivity contribution >= 4 is 23.4 Å². The number of halogens is 1. The summed E-state index contributed by atoms with van der Waals surface area (Å²) in [7, 11) is 0. The number of nitrogens with zero attached hydrogens (tertiary/aromatic N) is 4. The van der Waals surface area contributed by atoms with E-state index in [1.54, 1.807) is 12.1 Å². The molecule has 0 spiro atoms. The lowest BCUT2D eigenvalue weighted by molar-refractivity contribution is -0.113. The van der Waals surface area contributed by atoms with Crippen LogP contribution in [0, 0.1) is 12.7 Å². The Bertz CT molecular complexity index is 850. The molecule has 0 aliphatic heterocycles. The maximum atomic E-state index is 13.3. The van der Waals surface area contributed by atoms with E-state index in [4.69, 9.17) is 0 Å². The van der Waals surface area contributed by atoms with Gasteiger partial charge in [0, 0.05) is 5.69 Å².